The minimum atomic E-state index is -0.207. The van der Waals surface area contributed by atoms with Crippen LogP contribution in [0.1, 0.15) is 0 Å². The van der Waals surface area contributed by atoms with Gasteiger partial charge in [0.2, 0.25) is 0 Å². The highest BCUT2D eigenvalue weighted by Gasteiger charge is 2.05. The minimum absolute atomic E-state index is 0.207. The molecule has 0 bridgehead atoms. The molecule has 0 fully saturated rings. The van der Waals surface area contributed by atoms with Crippen molar-refractivity contribution in [3.05, 3.63) is 67.6 Å². The minimum Gasteiger partial charge on any atom is -0.320 e. The van der Waals surface area contributed by atoms with E-state index >= 15 is 0 Å². The molecule has 120 valence electrons. The summed E-state index contributed by atoms with van der Waals surface area (Å²) in [5.74, 6) is 0. The van der Waals surface area contributed by atoms with Crippen molar-refractivity contribution in [3.63, 3.8) is 0 Å². The van der Waals surface area contributed by atoms with Gasteiger partial charge in [-0.15, -0.1) is 11.3 Å². The molecule has 24 heavy (non-hydrogen) atoms. The topological polar surface area (TPSA) is 65.9 Å². The molecule has 0 saturated heterocycles. The zero-order chi connectivity index (χ0) is 16.7. The maximum absolute atomic E-state index is 11.3. The highest BCUT2D eigenvalue weighted by atomic mass is 79.9. The molecule has 2 aromatic carbocycles. The van der Waals surface area contributed by atoms with Crippen LogP contribution in [-0.4, -0.2) is 14.5 Å². The second-order valence-corrected chi connectivity index (χ2v) is 7.14. The van der Waals surface area contributed by atoms with Gasteiger partial charge in [-0.05, 0) is 35.9 Å². The van der Waals surface area contributed by atoms with Crippen molar-refractivity contribution in [2.45, 2.75) is 0 Å². The lowest BCUT2D eigenvalue weighted by atomic mass is 10.2. The van der Waals surface area contributed by atoms with E-state index in [1.54, 1.807) is 11.3 Å². The fourth-order valence-electron chi connectivity index (χ4n) is 2.55. The zero-order valence-corrected chi connectivity index (χ0v) is 15.1. The first kappa shape index (κ1) is 15.2. The first-order valence-electron chi connectivity index (χ1n) is 7.27. The Hall–Kier alpha value is -2.38. The van der Waals surface area contributed by atoms with Gasteiger partial charge in [0.1, 0.15) is 0 Å². The van der Waals surface area contributed by atoms with Gasteiger partial charge in [0.15, 0.2) is 4.80 Å². The second kappa shape index (κ2) is 5.92. The molecule has 7 heteroatoms. The lowest BCUT2D eigenvalue weighted by Gasteiger charge is -2.03. The number of fused-ring (bicyclic) bond motifs is 1. The number of halogens is 1. The van der Waals surface area contributed by atoms with E-state index in [-0.39, 0.29) is 5.69 Å². The molecule has 0 atom stereocenters. The molecule has 0 radical (unpaired) electrons. The van der Waals surface area contributed by atoms with Crippen molar-refractivity contribution in [1.82, 2.24) is 14.5 Å². The predicted octanol–water partition coefficient (Wildman–Crippen LogP) is 3.92. The Kier molecular flexibility index (Phi) is 3.74. The van der Waals surface area contributed by atoms with E-state index in [4.69, 9.17) is 4.99 Å². The molecule has 2 aromatic heterocycles. The maximum Gasteiger partial charge on any atom is 0.323 e. The van der Waals surface area contributed by atoms with Crippen LogP contribution in [0, 0.1) is 0 Å². The standard InChI is InChI=1S/C17H13BrN4OS/c1-22-15(10-2-4-11(18)5-3-10)9-24-17(22)19-12-6-7-13-14(8-12)21-16(23)20-13/h2-9H,1H3,(H2,20,21,23). The van der Waals surface area contributed by atoms with E-state index in [0.29, 0.717) is 0 Å². The van der Waals surface area contributed by atoms with Gasteiger partial charge >= 0.3 is 5.69 Å². The Morgan fingerprint density at radius 2 is 1.83 bits per heavy atom. The van der Waals surface area contributed by atoms with Gasteiger partial charge in [0, 0.05) is 16.9 Å². The summed E-state index contributed by atoms with van der Waals surface area (Å²) in [6.45, 7) is 0. The van der Waals surface area contributed by atoms with Crippen molar-refractivity contribution < 1.29 is 0 Å². The molecule has 4 rings (SSSR count). The van der Waals surface area contributed by atoms with E-state index in [2.05, 4.69) is 48.0 Å². The van der Waals surface area contributed by atoms with E-state index in [9.17, 15) is 4.79 Å². The molecular weight excluding hydrogens is 388 g/mol. The summed E-state index contributed by atoms with van der Waals surface area (Å²) in [5.41, 5.74) is 4.39. The number of nitrogens with zero attached hydrogens (tertiary/aromatic N) is 2. The normalized spacial score (nSPS) is 12.2. The van der Waals surface area contributed by atoms with Crippen molar-refractivity contribution in [1.29, 1.82) is 0 Å². The Morgan fingerprint density at radius 1 is 1.08 bits per heavy atom. The van der Waals surface area contributed by atoms with Gasteiger partial charge in [-0.1, -0.05) is 28.1 Å². The van der Waals surface area contributed by atoms with Crippen molar-refractivity contribution in [2.75, 3.05) is 0 Å². The van der Waals surface area contributed by atoms with E-state index in [1.807, 2.05) is 37.4 Å². The molecule has 2 heterocycles. The fraction of sp³-hybridized carbons (Fsp3) is 0.0588. The molecular formula is C17H13BrN4OS. The first-order chi connectivity index (χ1) is 11.6. The number of hydrogen-bond donors (Lipinski definition) is 2. The average molecular weight is 401 g/mol. The van der Waals surface area contributed by atoms with Gasteiger partial charge in [-0.2, -0.15) is 0 Å². The summed E-state index contributed by atoms with van der Waals surface area (Å²) in [6, 6.07) is 13.8. The number of nitrogens with one attached hydrogen (secondary N) is 2. The number of benzene rings is 2. The van der Waals surface area contributed by atoms with Crippen LogP contribution in [0.3, 0.4) is 0 Å². The second-order valence-electron chi connectivity index (χ2n) is 5.39. The summed E-state index contributed by atoms with van der Waals surface area (Å²) in [4.78, 5) is 22.4. The van der Waals surface area contributed by atoms with Crippen molar-refractivity contribution in [2.24, 2.45) is 12.0 Å². The van der Waals surface area contributed by atoms with Gasteiger partial charge in [-0.25, -0.2) is 9.79 Å². The van der Waals surface area contributed by atoms with Crippen LogP contribution < -0.4 is 10.5 Å². The number of thiazole rings is 1. The van der Waals surface area contributed by atoms with E-state index < -0.39 is 0 Å². The number of hydrogen-bond acceptors (Lipinski definition) is 3. The third-order valence-corrected chi connectivity index (χ3v) is 5.23. The van der Waals surface area contributed by atoms with Crippen molar-refractivity contribution in [3.8, 4) is 11.3 Å². The Bertz CT molecular complexity index is 1150. The van der Waals surface area contributed by atoms with Gasteiger partial charge < -0.3 is 14.5 Å². The number of H-pyrrole nitrogens is 2. The van der Waals surface area contributed by atoms with Gasteiger partial charge in [0.25, 0.3) is 0 Å². The van der Waals surface area contributed by atoms with Crippen LogP contribution in [0.15, 0.2) is 62.1 Å². The zero-order valence-electron chi connectivity index (χ0n) is 12.7. The number of rotatable bonds is 2. The molecule has 0 amide bonds. The van der Waals surface area contributed by atoms with E-state index in [1.165, 1.54) is 0 Å². The van der Waals surface area contributed by atoms with Crippen LogP contribution >= 0.6 is 27.3 Å². The molecule has 0 unspecified atom stereocenters. The summed E-state index contributed by atoms with van der Waals surface area (Å²) in [5, 5.41) is 2.10. The van der Waals surface area contributed by atoms with Crippen LogP contribution in [0.2, 0.25) is 0 Å². The molecule has 4 aromatic rings. The third kappa shape index (κ3) is 2.76. The molecule has 0 saturated carbocycles. The summed E-state index contributed by atoms with van der Waals surface area (Å²) < 4.78 is 3.13. The summed E-state index contributed by atoms with van der Waals surface area (Å²) in [6.07, 6.45) is 0. The largest absolute Gasteiger partial charge is 0.323 e. The molecule has 2 N–H and O–H groups in total. The number of aromatic nitrogens is 3. The quantitative estimate of drug-likeness (QED) is 0.526. The predicted molar refractivity (Wildman–Crippen MR) is 101 cm³/mol. The highest BCUT2D eigenvalue weighted by molar-refractivity contribution is 9.10. The summed E-state index contributed by atoms with van der Waals surface area (Å²) >= 11 is 5.04. The van der Waals surface area contributed by atoms with Crippen molar-refractivity contribution >= 4 is 44.0 Å². The SMILES string of the molecule is Cn1c(-c2ccc(Br)cc2)csc1=Nc1ccc2[nH]c(=O)[nH]c2c1. The lowest BCUT2D eigenvalue weighted by molar-refractivity contribution is 0.883. The molecule has 0 aliphatic heterocycles. The highest BCUT2D eigenvalue weighted by Crippen LogP contribution is 2.22. The molecule has 0 aliphatic rings. The van der Waals surface area contributed by atoms with Crippen LogP contribution in [0.25, 0.3) is 22.3 Å². The lowest BCUT2D eigenvalue weighted by Crippen LogP contribution is -2.10. The van der Waals surface area contributed by atoms with Crippen LogP contribution in [0.5, 0.6) is 0 Å². The van der Waals surface area contributed by atoms with E-state index in [0.717, 1.165) is 37.3 Å². The fourth-order valence-corrected chi connectivity index (χ4v) is 3.74. The monoisotopic (exact) mass is 400 g/mol. The Balaban J connectivity index is 1.79. The summed E-state index contributed by atoms with van der Waals surface area (Å²) in [7, 11) is 2.00. The Morgan fingerprint density at radius 3 is 2.62 bits per heavy atom. The maximum atomic E-state index is 11.3. The first-order valence-corrected chi connectivity index (χ1v) is 8.95. The Labute approximate surface area is 149 Å². The van der Waals surface area contributed by atoms with Crippen LogP contribution in [0.4, 0.5) is 5.69 Å². The number of aromatic amines is 2. The number of imidazole rings is 1. The average Bonchev–Trinajstić information content (AvgIpc) is 3.11. The molecule has 0 spiro atoms. The molecule has 0 aliphatic carbocycles. The molecule has 5 nitrogen and oxygen atoms in total. The smallest absolute Gasteiger partial charge is 0.320 e. The van der Waals surface area contributed by atoms with Crippen LogP contribution in [-0.2, 0) is 7.05 Å². The van der Waals surface area contributed by atoms with Gasteiger partial charge in [0.05, 0.1) is 22.4 Å². The third-order valence-electron chi connectivity index (χ3n) is 3.79. The van der Waals surface area contributed by atoms with Gasteiger partial charge in [-0.3, -0.25) is 0 Å².